The monoisotopic (exact) mass is 487 g/mol. The van der Waals surface area contributed by atoms with Crippen molar-refractivity contribution in [2.24, 2.45) is 0 Å². The maximum atomic E-state index is 12.8. The summed E-state index contributed by atoms with van der Waals surface area (Å²) in [6, 6.07) is 25.6. The Kier molecular flexibility index (Phi) is 6.47. The number of benzene rings is 3. The lowest BCUT2D eigenvalue weighted by Crippen LogP contribution is -2.32. The SMILES string of the molecule is Cc1ccc(Sc2ccc(/C=C3\SC(=O)N(CCOc4cccc5ccccc45)C3=O)o2)cc1. The molecule has 0 atom stereocenters. The number of thioether (sulfide) groups is 1. The fourth-order valence-corrected chi connectivity index (χ4v) is 5.20. The Labute approximate surface area is 205 Å². The number of imide groups is 1. The van der Waals surface area contributed by atoms with E-state index in [1.54, 1.807) is 12.1 Å². The van der Waals surface area contributed by atoms with E-state index >= 15 is 0 Å². The summed E-state index contributed by atoms with van der Waals surface area (Å²) in [7, 11) is 0. The van der Waals surface area contributed by atoms with Crippen LogP contribution >= 0.6 is 23.5 Å². The van der Waals surface area contributed by atoms with Gasteiger partial charge in [0, 0.05) is 16.4 Å². The molecule has 34 heavy (non-hydrogen) atoms. The minimum Gasteiger partial charge on any atom is -0.491 e. The number of hydrogen-bond acceptors (Lipinski definition) is 6. The molecule has 1 aromatic heterocycles. The molecule has 0 unspecified atom stereocenters. The van der Waals surface area contributed by atoms with Crippen molar-refractivity contribution in [3.63, 3.8) is 0 Å². The predicted octanol–water partition coefficient (Wildman–Crippen LogP) is 7.01. The number of carbonyl (C=O) groups is 2. The van der Waals surface area contributed by atoms with Gasteiger partial charge in [-0.15, -0.1) is 0 Å². The van der Waals surface area contributed by atoms with Gasteiger partial charge >= 0.3 is 0 Å². The van der Waals surface area contributed by atoms with Crippen molar-refractivity contribution in [3.05, 3.63) is 95.1 Å². The first-order valence-corrected chi connectivity index (χ1v) is 12.4. The Morgan fingerprint density at radius 2 is 1.76 bits per heavy atom. The predicted molar refractivity (Wildman–Crippen MR) is 136 cm³/mol. The number of rotatable bonds is 7. The molecule has 170 valence electrons. The van der Waals surface area contributed by atoms with Crippen molar-refractivity contribution in [1.82, 2.24) is 4.90 Å². The third kappa shape index (κ3) is 4.90. The van der Waals surface area contributed by atoms with E-state index in [0.29, 0.717) is 10.7 Å². The number of aryl methyl sites for hydroxylation is 1. The van der Waals surface area contributed by atoms with Gasteiger partial charge in [-0.25, -0.2) is 0 Å². The van der Waals surface area contributed by atoms with E-state index in [1.807, 2.05) is 79.7 Å². The lowest BCUT2D eigenvalue weighted by atomic mass is 10.1. The molecule has 7 heteroatoms. The number of furan rings is 1. The average molecular weight is 488 g/mol. The van der Waals surface area contributed by atoms with E-state index < -0.39 is 0 Å². The van der Waals surface area contributed by atoms with Gasteiger partial charge in [0.05, 0.1) is 11.4 Å². The third-order valence-electron chi connectivity index (χ3n) is 5.31. The van der Waals surface area contributed by atoms with Crippen LogP contribution in [-0.2, 0) is 4.79 Å². The lowest BCUT2D eigenvalue weighted by Gasteiger charge is -2.14. The number of carbonyl (C=O) groups excluding carboxylic acids is 2. The molecular weight excluding hydrogens is 466 g/mol. The molecule has 2 amide bonds. The third-order valence-corrected chi connectivity index (χ3v) is 7.15. The zero-order valence-corrected chi connectivity index (χ0v) is 20.0. The van der Waals surface area contributed by atoms with Gasteiger partial charge in [0.15, 0.2) is 5.09 Å². The van der Waals surface area contributed by atoms with Gasteiger partial charge in [-0.1, -0.05) is 65.9 Å². The molecule has 2 heterocycles. The van der Waals surface area contributed by atoms with Gasteiger partial charge in [0.1, 0.15) is 18.1 Å². The van der Waals surface area contributed by atoms with Gasteiger partial charge in [-0.05, 0) is 54.4 Å². The van der Waals surface area contributed by atoms with E-state index in [-0.39, 0.29) is 24.3 Å². The molecule has 1 fully saturated rings. The lowest BCUT2D eigenvalue weighted by molar-refractivity contribution is -0.123. The van der Waals surface area contributed by atoms with E-state index in [0.717, 1.165) is 38.3 Å². The van der Waals surface area contributed by atoms with Crippen molar-refractivity contribution in [2.75, 3.05) is 13.2 Å². The highest BCUT2D eigenvalue weighted by Gasteiger charge is 2.35. The highest BCUT2D eigenvalue weighted by molar-refractivity contribution is 8.18. The summed E-state index contributed by atoms with van der Waals surface area (Å²) in [5.41, 5.74) is 1.20. The molecule has 1 aliphatic heterocycles. The molecule has 1 saturated heterocycles. The number of fused-ring (bicyclic) bond motifs is 1. The molecular formula is C27H21NO4S2. The maximum Gasteiger partial charge on any atom is 0.293 e. The normalized spacial score (nSPS) is 15.0. The average Bonchev–Trinajstić information content (AvgIpc) is 3.39. The van der Waals surface area contributed by atoms with Crippen LogP contribution in [0.4, 0.5) is 4.79 Å². The van der Waals surface area contributed by atoms with Crippen molar-refractivity contribution in [1.29, 1.82) is 0 Å². The standard InChI is InChI=1S/C27H21NO4S2/c1-18-9-12-21(13-10-18)33-25-14-11-20(32-25)17-24-26(29)28(27(30)34-24)15-16-31-23-8-4-6-19-5-2-3-7-22(19)23/h2-14,17H,15-16H2,1H3/b24-17-. The Bertz CT molecular complexity index is 1390. The summed E-state index contributed by atoms with van der Waals surface area (Å²) in [4.78, 5) is 27.9. The Morgan fingerprint density at radius 1 is 0.971 bits per heavy atom. The van der Waals surface area contributed by atoms with Gasteiger partial charge in [0.25, 0.3) is 11.1 Å². The topological polar surface area (TPSA) is 59.8 Å². The molecule has 5 rings (SSSR count). The number of amides is 2. The first-order valence-electron chi connectivity index (χ1n) is 10.8. The van der Waals surface area contributed by atoms with Gasteiger partial charge in [-0.3, -0.25) is 14.5 Å². The van der Waals surface area contributed by atoms with Crippen LogP contribution in [0.1, 0.15) is 11.3 Å². The van der Waals surface area contributed by atoms with Crippen LogP contribution < -0.4 is 4.74 Å². The maximum absolute atomic E-state index is 12.8. The number of ether oxygens (including phenoxy) is 1. The van der Waals surface area contributed by atoms with Crippen LogP contribution in [0.5, 0.6) is 5.75 Å². The van der Waals surface area contributed by atoms with Gasteiger partial charge in [-0.2, -0.15) is 0 Å². The zero-order chi connectivity index (χ0) is 23.5. The van der Waals surface area contributed by atoms with E-state index in [9.17, 15) is 9.59 Å². The van der Waals surface area contributed by atoms with Crippen molar-refractivity contribution in [3.8, 4) is 5.75 Å². The van der Waals surface area contributed by atoms with Gasteiger partial charge in [0.2, 0.25) is 0 Å². The van der Waals surface area contributed by atoms with Crippen molar-refractivity contribution in [2.45, 2.75) is 16.9 Å². The van der Waals surface area contributed by atoms with E-state index in [1.165, 1.54) is 22.2 Å². The van der Waals surface area contributed by atoms with Crippen molar-refractivity contribution < 1.29 is 18.7 Å². The molecule has 0 N–H and O–H groups in total. The van der Waals surface area contributed by atoms with E-state index in [4.69, 9.17) is 9.15 Å². The second-order valence-corrected chi connectivity index (χ2v) is 9.80. The Morgan fingerprint density at radius 3 is 2.62 bits per heavy atom. The van der Waals surface area contributed by atoms with Crippen LogP contribution in [0.15, 0.2) is 98.2 Å². The molecule has 0 radical (unpaired) electrons. The van der Waals surface area contributed by atoms with Gasteiger partial charge < -0.3 is 9.15 Å². The van der Waals surface area contributed by atoms with Crippen LogP contribution in [0.3, 0.4) is 0 Å². The molecule has 0 aliphatic carbocycles. The summed E-state index contributed by atoms with van der Waals surface area (Å²) < 4.78 is 11.7. The van der Waals surface area contributed by atoms with E-state index in [2.05, 4.69) is 0 Å². The molecule has 0 spiro atoms. The molecule has 4 aromatic rings. The number of hydrogen-bond donors (Lipinski definition) is 0. The second kappa shape index (κ2) is 9.83. The molecule has 0 bridgehead atoms. The number of nitrogens with zero attached hydrogens (tertiary/aromatic N) is 1. The summed E-state index contributed by atoms with van der Waals surface area (Å²) in [6.45, 7) is 2.44. The van der Waals surface area contributed by atoms with Crippen LogP contribution in [0.2, 0.25) is 0 Å². The van der Waals surface area contributed by atoms with Crippen LogP contribution in [-0.4, -0.2) is 29.2 Å². The van der Waals surface area contributed by atoms with Crippen molar-refractivity contribution >= 4 is 51.5 Å². The smallest absolute Gasteiger partial charge is 0.293 e. The molecule has 0 saturated carbocycles. The largest absolute Gasteiger partial charge is 0.491 e. The quantitative estimate of drug-likeness (QED) is 0.261. The second-order valence-electron chi connectivity index (χ2n) is 7.73. The van der Waals surface area contributed by atoms with Crippen LogP contribution in [0, 0.1) is 6.92 Å². The molecule has 1 aliphatic rings. The van der Waals surface area contributed by atoms with Crippen LogP contribution in [0.25, 0.3) is 16.8 Å². The molecule has 3 aromatic carbocycles. The Balaban J connectivity index is 1.22. The highest BCUT2D eigenvalue weighted by Crippen LogP contribution is 2.34. The highest BCUT2D eigenvalue weighted by atomic mass is 32.2. The first kappa shape index (κ1) is 22.4. The Hall–Kier alpha value is -3.42. The zero-order valence-electron chi connectivity index (χ0n) is 18.4. The minimum atomic E-state index is -0.333. The summed E-state index contributed by atoms with van der Waals surface area (Å²) in [5, 5.41) is 2.49. The minimum absolute atomic E-state index is 0.178. The first-order chi connectivity index (χ1) is 16.6. The summed E-state index contributed by atoms with van der Waals surface area (Å²) in [6.07, 6.45) is 1.62. The fourth-order valence-electron chi connectivity index (χ4n) is 3.58. The summed E-state index contributed by atoms with van der Waals surface area (Å²) >= 11 is 2.42. The summed E-state index contributed by atoms with van der Waals surface area (Å²) in [5.74, 6) is 0.933. The fraction of sp³-hybridized carbons (Fsp3) is 0.111. The molecule has 5 nitrogen and oxygen atoms in total.